The minimum Gasteiger partial charge on any atom is -0.493 e. The van der Waals surface area contributed by atoms with Crippen molar-refractivity contribution in [3.8, 4) is 27.8 Å². The normalized spacial score (nSPS) is 15.7. The fourth-order valence-electron chi connectivity index (χ4n) is 4.54. The average molecular weight is 480 g/mol. The summed E-state index contributed by atoms with van der Waals surface area (Å²) in [5.41, 5.74) is 4.29. The van der Waals surface area contributed by atoms with E-state index in [0.717, 1.165) is 67.8 Å². The van der Waals surface area contributed by atoms with Crippen molar-refractivity contribution in [2.45, 2.75) is 19.9 Å². The van der Waals surface area contributed by atoms with Crippen LogP contribution in [-0.2, 0) is 13.0 Å². The summed E-state index contributed by atoms with van der Waals surface area (Å²) >= 11 is 1.44. The van der Waals surface area contributed by atoms with Crippen molar-refractivity contribution >= 4 is 17.2 Å². The van der Waals surface area contributed by atoms with Crippen molar-refractivity contribution in [3.05, 3.63) is 58.1 Å². The molecular formula is C26H29N3O4S. The number of fused-ring (bicyclic) bond motifs is 1. The van der Waals surface area contributed by atoms with Crippen molar-refractivity contribution < 1.29 is 19.0 Å². The zero-order chi connectivity index (χ0) is 23.7. The standard InChI is InChI=1S/C26H29N3O4S/c1-17-24(34-25(27-17)20-5-7-22(31-2)23(15-20)32-3)26(30)29-11-9-28(10-12-29)16-18-4-6-21-19(14-18)8-13-33-21/h4-7,14-15H,8-13,16H2,1-3H3. The summed E-state index contributed by atoms with van der Waals surface area (Å²) in [7, 11) is 3.23. The van der Waals surface area contributed by atoms with Crippen molar-refractivity contribution in [1.29, 1.82) is 0 Å². The van der Waals surface area contributed by atoms with Gasteiger partial charge in [0.25, 0.3) is 5.91 Å². The third kappa shape index (κ3) is 4.48. The lowest BCUT2D eigenvalue weighted by Crippen LogP contribution is -2.48. The molecule has 34 heavy (non-hydrogen) atoms. The van der Waals surface area contributed by atoms with Gasteiger partial charge in [0.2, 0.25) is 0 Å². The molecule has 3 heterocycles. The van der Waals surface area contributed by atoms with Crippen LogP contribution in [0.5, 0.6) is 17.2 Å². The van der Waals surface area contributed by atoms with Crippen LogP contribution in [0.15, 0.2) is 36.4 Å². The predicted octanol–water partition coefficient (Wildman–Crippen LogP) is 4.03. The van der Waals surface area contributed by atoms with Crippen molar-refractivity contribution in [1.82, 2.24) is 14.8 Å². The van der Waals surface area contributed by atoms with E-state index in [2.05, 4.69) is 28.1 Å². The molecule has 2 aliphatic rings. The fraction of sp³-hybridized carbons (Fsp3) is 0.385. The second-order valence-electron chi connectivity index (χ2n) is 8.61. The van der Waals surface area contributed by atoms with Crippen LogP contribution in [0.25, 0.3) is 10.6 Å². The summed E-state index contributed by atoms with van der Waals surface area (Å²) < 4.78 is 16.4. The van der Waals surface area contributed by atoms with Crippen molar-refractivity contribution in [3.63, 3.8) is 0 Å². The van der Waals surface area contributed by atoms with E-state index in [1.54, 1.807) is 14.2 Å². The van der Waals surface area contributed by atoms with Gasteiger partial charge >= 0.3 is 0 Å². The number of aryl methyl sites for hydroxylation is 1. The van der Waals surface area contributed by atoms with Gasteiger partial charge in [0.15, 0.2) is 11.5 Å². The van der Waals surface area contributed by atoms with Gasteiger partial charge in [-0.15, -0.1) is 11.3 Å². The van der Waals surface area contributed by atoms with Crippen LogP contribution < -0.4 is 14.2 Å². The number of thiazole rings is 1. The Hall–Kier alpha value is -3.10. The molecule has 1 saturated heterocycles. The molecule has 0 unspecified atom stereocenters. The molecule has 2 aliphatic heterocycles. The Morgan fingerprint density at radius 2 is 1.85 bits per heavy atom. The topological polar surface area (TPSA) is 64.1 Å². The number of carbonyl (C=O) groups is 1. The highest BCUT2D eigenvalue weighted by molar-refractivity contribution is 7.17. The SMILES string of the molecule is COc1ccc(-c2nc(C)c(C(=O)N3CCN(Cc4ccc5c(c4)CCO5)CC3)s2)cc1OC. The molecule has 1 aromatic heterocycles. The van der Waals surface area contributed by atoms with Crippen LogP contribution in [0.1, 0.15) is 26.5 Å². The number of benzene rings is 2. The Kier molecular flexibility index (Phi) is 6.43. The number of hydrogen-bond donors (Lipinski definition) is 0. The van der Waals surface area contributed by atoms with E-state index in [-0.39, 0.29) is 5.91 Å². The molecule has 0 atom stereocenters. The highest BCUT2D eigenvalue weighted by Crippen LogP contribution is 2.35. The van der Waals surface area contributed by atoms with Crippen LogP contribution in [-0.4, -0.2) is 67.7 Å². The molecule has 0 spiro atoms. The molecule has 0 saturated carbocycles. The lowest BCUT2D eigenvalue weighted by atomic mass is 10.1. The first-order valence-corrected chi connectivity index (χ1v) is 12.3. The predicted molar refractivity (Wildman–Crippen MR) is 132 cm³/mol. The number of methoxy groups -OCH3 is 2. The number of nitrogens with zero attached hydrogens (tertiary/aromatic N) is 3. The number of amides is 1. The first-order chi connectivity index (χ1) is 16.6. The van der Waals surface area contributed by atoms with Gasteiger partial charge < -0.3 is 19.1 Å². The van der Waals surface area contributed by atoms with Crippen LogP contribution in [0.4, 0.5) is 0 Å². The molecule has 0 radical (unpaired) electrons. The fourth-order valence-corrected chi connectivity index (χ4v) is 5.57. The second kappa shape index (κ2) is 9.64. The zero-order valence-electron chi connectivity index (χ0n) is 19.8. The highest BCUT2D eigenvalue weighted by atomic mass is 32.1. The summed E-state index contributed by atoms with van der Waals surface area (Å²) in [5, 5.41) is 0.807. The van der Waals surface area contributed by atoms with E-state index in [1.807, 2.05) is 30.0 Å². The van der Waals surface area contributed by atoms with Gasteiger partial charge in [-0.25, -0.2) is 4.98 Å². The molecule has 1 fully saturated rings. The van der Waals surface area contributed by atoms with Crippen molar-refractivity contribution in [2.75, 3.05) is 47.0 Å². The van der Waals surface area contributed by atoms with Crippen molar-refractivity contribution in [2.24, 2.45) is 0 Å². The summed E-state index contributed by atoms with van der Waals surface area (Å²) in [6, 6.07) is 12.2. The molecule has 1 amide bonds. The van der Waals surface area contributed by atoms with Gasteiger partial charge in [-0.2, -0.15) is 0 Å². The highest BCUT2D eigenvalue weighted by Gasteiger charge is 2.26. The summed E-state index contributed by atoms with van der Waals surface area (Å²) in [6.45, 7) is 6.75. The average Bonchev–Trinajstić information content (AvgIpc) is 3.49. The lowest BCUT2D eigenvalue weighted by Gasteiger charge is -2.34. The van der Waals surface area contributed by atoms with Gasteiger partial charge in [-0.05, 0) is 42.3 Å². The van der Waals surface area contributed by atoms with Gasteiger partial charge in [0.1, 0.15) is 15.6 Å². The Balaban J connectivity index is 1.23. The van der Waals surface area contributed by atoms with Crippen LogP contribution in [0.2, 0.25) is 0 Å². The van der Waals surface area contributed by atoms with E-state index >= 15 is 0 Å². The molecule has 5 rings (SSSR count). The van der Waals surface area contributed by atoms with Crippen LogP contribution >= 0.6 is 11.3 Å². The first kappa shape index (κ1) is 22.7. The molecule has 0 aliphatic carbocycles. The third-order valence-corrected chi connectivity index (χ3v) is 7.64. The Morgan fingerprint density at radius 1 is 1.06 bits per heavy atom. The Bertz CT molecular complexity index is 1200. The molecule has 0 N–H and O–H groups in total. The molecule has 7 nitrogen and oxygen atoms in total. The molecule has 0 bridgehead atoms. The lowest BCUT2D eigenvalue weighted by molar-refractivity contribution is 0.0632. The molecule has 3 aromatic rings. The van der Waals surface area contributed by atoms with E-state index in [1.165, 1.54) is 22.5 Å². The molecule has 178 valence electrons. The van der Waals surface area contributed by atoms with E-state index in [0.29, 0.717) is 16.4 Å². The summed E-state index contributed by atoms with van der Waals surface area (Å²) in [6.07, 6.45) is 0.991. The van der Waals surface area contributed by atoms with Gasteiger partial charge in [-0.1, -0.05) is 12.1 Å². The largest absolute Gasteiger partial charge is 0.493 e. The Labute approximate surface area is 203 Å². The van der Waals surface area contributed by atoms with Gasteiger partial charge in [-0.3, -0.25) is 9.69 Å². The zero-order valence-corrected chi connectivity index (χ0v) is 20.6. The molecule has 2 aromatic carbocycles. The minimum absolute atomic E-state index is 0.0658. The van der Waals surface area contributed by atoms with Crippen LogP contribution in [0, 0.1) is 6.92 Å². The van der Waals surface area contributed by atoms with Gasteiger partial charge in [0.05, 0.1) is 26.5 Å². The Morgan fingerprint density at radius 3 is 2.62 bits per heavy atom. The number of piperazine rings is 1. The second-order valence-corrected chi connectivity index (χ2v) is 9.61. The summed E-state index contributed by atoms with van der Waals surface area (Å²) in [4.78, 5) is 23.1. The molecule has 8 heteroatoms. The maximum atomic E-state index is 13.3. The molecular weight excluding hydrogens is 450 g/mol. The third-order valence-electron chi connectivity index (χ3n) is 6.44. The van der Waals surface area contributed by atoms with E-state index < -0.39 is 0 Å². The maximum Gasteiger partial charge on any atom is 0.265 e. The number of carbonyl (C=O) groups excluding carboxylic acids is 1. The minimum atomic E-state index is 0.0658. The number of hydrogen-bond acceptors (Lipinski definition) is 7. The van der Waals surface area contributed by atoms with Gasteiger partial charge in [0, 0.05) is 44.7 Å². The monoisotopic (exact) mass is 479 g/mol. The number of ether oxygens (including phenoxy) is 3. The van der Waals surface area contributed by atoms with Crippen LogP contribution in [0.3, 0.4) is 0 Å². The first-order valence-electron chi connectivity index (χ1n) is 11.5. The number of rotatable bonds is 6. The van der Waals surface area contributed by atoms with E-state index in [4.69, 9.17) is 14.2 Å². The number of aromatic nitrogens is 1. The summed E-state index contributed by atoms with van der Waals surface area (Å²) in [5.74, 6) is 2.40. The van der Waals surface area contributed by atoms with E-state index in [9.17, 15) is 4.79 Å². The smallest absolute Gasteiger partial charge is 0.265 e. The maximum absolute atomic E-state index is 13.3. The quantitative estimate of drug-likeness (QED) is 0.532.